The SMILES string of the molecule is [2H]C([2H])([2H])[C@H](OC(C)=O)C(=O)Cl. The first-order chi connectivity index (χ1) is 5.25. The fourth-order valence-electron chi connectivity index (χ4n) is 0.212. The lowest BCUT2D eigenvalue weighted by Crippen LogP contribution is -2.18. The van der Waals surface area contributed by atoms with Crippen LogP contribution in [0.5, 0.6) is 0 Å². The molecule has 1 atom stereocenters. The van der Waals surface area contributed by atoms with Crippen molar-refractivity contribution in [3.05, 3.63) is 0 Å². The van der Waals surface area contributed by atoms with E-state index < -0.39 is 24.2 Å². The Morgan fingerprint density at radius 1 is 1.78 bits per heavy atom. The highest BCUT2D eigenvalue weighted by atomic mass is 35.5. The number of carbonyl (C=O) groups excluding carboxylic acids is 2. The van der Waals surface area contributed by atoms with E-state index in [4.69, 9.17) is 15.7 Å². The number of esters is 1. The molecule has 0 spiro atoms. The molecule has 0 aromatic heterocycles. The van der Waals surface area contributed by atoms with E-state index in [0.29, 0.717) is 0 Å². The summed E-state index contributed by atoms with van der Waals surface area (Å²) < 4.78 is 24.5. The highest BCUT2D eigenvalue weighted by Gasteiger charge is 2.11. The maximum absolute atomic E-state index is 10.5. The van der Waals surface area contributed by atoms with Crippen molar-refractivity contribution in [2.45, 2.75) is 19.9 Å². The maximum Gasteiger partial charge on any atom is 0.303 e. The van der Waals surface area contributed by atoms with Gasteiger partial charge in [0, 0.05) is 11.0 Å². The molecule has 0 aliphatic heterocycles. The Bertz CT molecular complexity index is 201. The summed E-state index contributed by atoms with van der Waals surface area (Å²) >= 11 is 4.90. The molecule has 4 heteroatoms. The van der Waals surface area contributed by atoms with Crippen molar-refractivity contribution in [3.8, 4) is 0 Å². The van der Waals surface area contributed by atoms with E-state index in [1.165, 1.54) is 0 Å². The first-order valence-corrected chi connectivity index (χ1v) is 2.49. The molecule has 0 radical (unpaired) electrons. The summed E-state index contributed by atoms with van der Waals surface area (Å²) in [6.45, 7) is -1.71. The molecule has 52 valence electrons. The molecular weight excluding hydrogens is 144 g/mol. The second-order valence-corrected chi connectivity index (χ2v) is 1.67. The average molecular weight is 154 g/mol. The van der Waals surface area contributed by atoms with E-state index in [0.717, 1.165) is 6.92 Å². The summed E-state index contributed by atoms with van der Waals surface area (Å²) in [6, 6.07) is 0. The third-order valence-electron chi connectivity index (χ3n) is 0.490. The summed E-state index contributed by atoms with van der Waals surface area (Å²) in [7, 11) is 0. The highest BCUT2D eigenvalue weighted by molar-refractivity contribution is 6.64. The lowest BCUT2D eigenvalue weighted by atomic mass is 10.4. The van der Waals surface area contributed by atoms with Crippen molar-refractivity contribution < 1.29 is 18.4 Å². The molecule has 0 saturated carbocycles. The first-order valence-electron chi connectivity index (χ1n) is 3.61. The van der Waals surface area contributed by atoms with Gasteiger partial charge < -0.3 is 4.74 Å². The molecule has 0 aliphatic rings. The van der Waals surface area contributed by atoms with Crippen molar-refractivity contribution in [1.82, 2.24) is 0 Å². The van der Waals surface area contributed by atoms with Crippen LogP contribution in [0.25, 0.3) is 0 Å². The quantitative estimate of drug-likeness (QED) is 0.433. The molecule has 0 bridgehead atoms. The van der Waals surface area contributed by atoms with Gasteiger partial charge in [0.05, 0.1) is 0 Å². The monoisotopic (exact) mass is 153 g/mol. The van der Waals surface area contributed by atoms with Crippen LogP contribution in [0.3, 0.4) is 0 Å². The summed E-state index contributed by atoms with van der Waals surface area (Å²) in [4.78, 5) is 20.8. The van der Waals surface area contributed by atoms with Crippen LogP contribution in [-0.4, -0.2) is 17.3 Å². The first kappa shape index (κ1) is 4.28. The standard InChI is InChI=1S/C5H7ClO3/c1-3(5(6)8)9-4(2)7/h3H,1-2H3/t3-/m0/s1/i1D3. The molecule has 0 fully saturated rings. The van der Waals surface area contributed by atoms with Gasteiger partial charge in [0.2, 0.25) is 0 Å². The molecule has 0 amide bonds. The Morgan fingerprint density at radius 3 is 2.44 bits per heavy atom. The molecule has 0 aliphatic carbocycles. The second-order valence-electron chi connectivity index (χ2n) is 1.29. The summed E-state index contributed by atoms with van der Waals surface area (Å²) in [5.74, 6) is -0.856. The number of hydrogen-bond donors (Lipinski definition) is 0. The van der Waals surface area contributed by atoms with Crippen LogP contribution < -0.4 is 0 Å². The zero-order valence-corrected chi connectivity index (χ0v) is 5.44. The third-order valence-corrected chi connectivity index (χ3v) is 0.688. The van der Waals surface area contributed by atoms with Gasteiger partial charge in [0.15, 0.2) is 6.10 Å². The van der Waals surface area contributed by atoms with Crippen molar-refractivity contribution >= 4 is 22.8 Å². The fourth-order valence-corrected chi connectivity index (χ4v) is 0.257. The van der Waals surface area contributed by atoms with Crippen molar-refractivity contribution in [3.63, 3.8) is 0 Å². The predicted molar refractivity (Wildman–Crippen MR) is 32.1 cm³/mol. The Morgan fingerprint density at radius 2 is 2.33 bits per heavy atom. The van der Waals surface area contributed by atoms with Gasteiger partial charge in [-0.15, -0.1) is 0 Å². The van der Waals surface area contributed by atoms with Crippen LogP contribution in [0.4, 0.5) is 0 Å². The van der Waals surface area contributed by atoms with Gasteiger partial charge in [-0.05, 0) is 18.5 Å². The zero-order valence-electron chi connectivity index (χ0n) is 7.68. The van der Waals surface area contributed by atoms with Gasteiger partial charge in [-0.3, -0.25) is 9.59 Å². The molecule has 3 nitrogen and oxygen atoms in total. The topological polar surface area (TPSA) is 43.4 Å². The molecule has 0 rings (SSSR count). The number of ether oxygens (including phenoxy) is 1. The highest BCUT2D eigenvalue weighted by Crippen LogP contribution is 1.95. The summed E-state index contributed by atoms with van der Waals surface area (Å²) in [6.07, 6.45) is -1.86. The van der Waals surface area contributed by atoms with Gasteiger partial charge in [-0.1, -0.05) is 0 Å². The maximum atomic E-state index is 10.5. The molecule has 0 N–H and O–H groups in total. The van der Waals surface area contributed by atoms with E-state index in [1.807, 2.05) is 0 Å². The van der Waals surface area contributed by atoms with Crippen LogP contribution in [0.2, 0.25) is 0 Å². The van der Waals surface area contributed by atoms with Gasteiger partial charge in [0.25, 0.3) is 5.24 Å². The second kappa shape index (κ2) is 3.45. The average Bonchev–Trinajstić information content (AvgIpc) is 1.79. The minimum atomic E-state index is -2.70. The lowest BCUT2D eigenvalue weighted by molar-refractivity contribution is -0.149. The minimum absolute atomic E-state index is 0.856. The number of hydrogen-bond acceptors (Lipinski definition) is 3. The summed E-state index contributed by atoms with van der Waals surface area (Å²) in [5, 5.41) is -1.20. The number of carbonyl (C=O) groups is 2. The lowest BCUT2D eigenvalue weighted by Gasteiger charge is -2.04. The van der Waals surface area contributed by atoms with Crippen molar-refractivity contribution in [2.75, 3.05) is 0 Å². The Balaban J connectivity index is 4.46. The third kappa shape index (κ3) is 3.97. The van der Waals surface area contributed by atoms with E-state index >= 15 is 0 Å². The van der Waals surface area contributed by atoms with Gasteiger partial charge >= 0.3 is 5.97 Å². The molecule has 9 heavy (non-hydrogen) atoms. The molecule has 0 aromatic rings. The van der Waals surface area contributed by atoms with E-state index in [9.17, 15) is 9.59 Å². The Kier molecular flexibility index (Phi) is 1.64. The number of rotatable bonds is 2. The van der Waals surface area contributed by atoms with E-state index in [-0.39, 0.29) is 0 Å². The Hall–Kier alpha value is -0.570. The van der Waals surface area contributed by atoms with E-state index in [2.05, 4.69) is 4.74 Å². The van der Waals surface area contributed by atoms with Crippen molar-refractivity contribution in [1.29, 1.82) is 0 Å². The molecular formula is C5H7ClO3. The predicted octanol–water partition coefficient (Wildman–Crippen LogP) is 0.703. The minimum Gasteiger partial charge on any atom is -0.453 e. The van der Waals surface area contributed by atoms with Gasteiger partial charge in [0.1, 0.15) is 0 Å². The van der Waals surface area contributed by atoms with Crippen molar-refractivity contribution in [2.24, 2.45) is 0 Å². The van der Waals surface area contributed by atoms with Crippen LogP contribution in [0.1, 0.15) is 17.9 Å². The molecule has 0 unspecified atom stereocenters. The Labute approximate surface area is 62.2 Å². The van der Waals surface area contributed by atoms with Gasteiger partial charge in [-0.2, -0.15) is 0 Å². The van der Waals surface area contributed by atoms with Crippen LogP contribution >= 0.6 is 11.6 Å². The zero-order chi connectivity index (χ0) is 9.94. The number of halogens is 1. The smallest absolute Gasteiger partial charge is 0.303 e. The van der Waals surface area contributed by atoms with Crippen LogP contribution in [0.15, 0.2) is 0 Å². The largest absolute Gasteiger partial charge is 0.453 e. The molecule has 0 saturated heterocycles. The molecule has 0 heterocycles. The van der Waals surface area contributed by atoms with E-state index in [1.54, 1.807) is 0 Å². The fraction of sp³-hybridized carbons (Fsp3) is 0.600. The van der Waals surface area contributed by atoms with Gasteiger partial charge in [-0.25, -0.2) is 0 Å². The molecule has 0 aromatic carbocycles. The van der Waals surface area contributed by atoms with Crippen LogP contribution in [-0.2, 0) is 14.3 Å². The summed E-state index contributed by atoms with van der Waals surface area (Å²) in [5.41, 5.74) is 0. The normalized spacial score (nSPS) is 18.7. The van der Waals surface area contributed by atoms with Crippen LogP contribution in [0, 0.1) is 0 Å².